The van der Waals surface area contributed by atoms with Crippen LogP contribution in [0.2, 0.25) is 10.0 Å². The molecule has 270 valence electrons. The maximum absolute atomic E-state index is 13.1. The number of pyridine rings is 1. The maximum atomic E-state index is 13.1. The van der Waals surface area contributed by atoms with Crippen LogP contribution >= 0.6 is 23.2 Å². The van der Waals surface area contributed by atoms with Crippen molar-refractivity contribution in [1.29, 1.82) is 0 Å². The molecule has 0 spiro atoms. The van der Waals surface area contributed by atoms with Gasteiger partial charge in [-0.25, -0.2) is 13.2 Å². The zero-order valence-corrected chi connectivity index (χ0v) is 29.1. The molecular weight excluding hydrogens is 725 g/mol. The van der Waals surface area contributed by atoms with Crippen molar-refractivity contribution in [3.8, 4) is 17.2 Å². The van der Waals surface area contributed by atoms with Gasteiger partial charge in [-0.05, 0) is 73.4 Å². The highest BCUT2D eigenvalue weighted by Gasteiger charge is 2.27. The number of ether oxygens (including phenoxy) is 5. The fourth-order valence-electron chi connectivity index (χ4n) is 4.73. The van der Waals surface area contributed by atoms with Gasteiger partial charge in [-0.2, -0.15) is 13.5 Å². The Hall–Kier alpha value is -4.08. The van der Waals surface area contributed by atoms with Gasteiger partial charge in [-0.1, -0.05) is 29.3 Å². The van der Waals surface area contributed by atoms with Crippen LogP contribution < -0.4 is 23.7 Å². The van der Waals surface area contributed by atoms with E-state index in [9.17, 15) is 32.0 Å². The van der Waals surface area contributed by atoms with Crippen molar-refractivity contribution < 1.29 is 55.2 Å². The summed E-state index contributed by atoms with van der Waals surface area (Å²) in [5, 5.41) is 11.8. The van der Waals surface area contributed by atoms with Crippen LogP contribution in [0.1, 0.15) is 59.7 Å². The number of alkyl halides is 2. The van der Waals surface area contributed by atoms with Crippen molar-refractivity contribution in [2.24, 2.45) is 11.8 Å². The van der Waals surface area contributed by atoms with Crippen molar-refractivity contribution in [2.45, 2.75) is 51.2 Å². The van der Waals surface area contributed by atoms with Crippen LogP contribution in [-0.2, 0) is 30.7 Å². The van der Waals surface area contributed by atoms with E-state index in [0.717, 1.165) is 44.3 Å². The lowest BCUT2D eigenvalue weighted by Gasteiger charge is -2.21. The molecule has 17 heteroatoms. The molecule has 3 aromatic rings. The first-order valence-corrected chi connectivity index (χ1v) is 18.3. The second-order valence-electron chi connectivity index (χ2n) is 12.0. The molecule has 2 fully saturated rings. The summed E-state index contributed by atoms with van der Waals surface area (Å²) in [4.78, 5) is 26.0. The molecule has 2 aromatic carbocycles. The predicted octanol–water partition coefficient (Wildman–Crippen LogP) is 6.25. The molecule has 2 saturated carbocycles. The van der Waals surface area contributed by atoms with Gasteiger partial charge in [0.2, 0.25) is 10.0 Å². The summed E-state index contributed by atoms with van der Waals surface area (Å²) in [7, 11) is -3.62. The van der Waals surface area contributed by atoms with Crippen LogP contribution in [0.25, 0.3) is 0 Å². The molecule has 5 rings (SSSR count). The summed E-state index contributed by atoms with van der Waals surface area (Å²) < 4.78 is 79.9. The van der Waals surface area contributed by atoms with Crippen molar-refractivity contribution >= 4 is 50.9 Å². The Balaban J connectivity index is 1.29. The Morgan fingerprint density at radius 3 is 2.20 bits per heavy atom. The topological polar surface area (TPSA) is 153 Å². The molecule has 1 heterocycles. The lowest BCUT2D eigenvalue weighted by Crippen LogP contribution is -2.25. The van der Waals surface area contributed by atoms with Crippen LogP contribution in [-0.4, -0.2) is 53.0 Å². The molecule has 1 N–H and O–H groups in total. The van der Waals surface area contributed by atoms with Crippen LogP contribution in [0.15, 0.2) is 48.8 Å². The van der Waals surface area contributed by atoms with E-state index in [1.54, 1.807) is 0 Å². The summed E-state index contributed by atoms with van der Waals surface area (Å²) in [6.45, 7) is -2.85. The third-order valence-electron chi connectivity index (χ3n) is 7.67. The summed E-state index contributed by atoms with van der Waals surface area (Å²) >= 11 is 12.6. The number of sulfonamides is 1. The van der Waals surface area contributed by atoms with Gasteiger partial charge in [0.25, 0.3) is 0 Å². The SMILES string of the molecule is CS(=O)(=O)Nc1ccc(C(=O)OCCC(=O)OC(Cc2c(Cl)c[n+]([O-])cc2Cl)c2ccc(OC(F)F)c(OCC3CC3)c2)cc1OCC1CC1. The second kappa shape index (κ2) is 16.3. The first-order valence-electron chi connectivity index (χ1n) is 15.6. The van der Waals surface area contributed by atoms with Crippen molar-refractivity contribution in [1.82, 2.24) is 0 Å². The summed E-state index contributed by atoms with van der Waals surface area (Å²) in [6.07, 6.45) is 5.44. The fourth-order valence-corrected chi connectivity index (χ4v) is 5.90. The number of aromatic nitrogens is 1. The normalized spacial score (nSPS) is 14.9. The third-order valence-corrected chi connectivity index (χ3v) is 8.91. The van der Waals surface area contributed by atoms with Gasteiger partial charge in [-0.15, -0.1) is 0 Å². The van der Waals surface area contributed by atoms with Crippen LogP contribution in [0.5, 0.6) is 17.2 Å². The summed E-state index contributed by atoms with van der Waals surface area (Å²) in [5.41, 5.74) is 0.842. The minimum Gasteiger partial charge on any atom is -0.619 e. The average Bonchev–Trinajstić information content (AvgIpc) is 3.96. The third kappa shape index (κ3) is 11.2. The lowest BCUT2D eigenvalue weighted by atomic mass is 10.0. The van der Waals surface area contributed by atoms with Gasteiger partial charge in [0.1, 0.15) is 28.5 Å². The fraction of sp³-hybridized carbons (Fsp3) is 0.424. The summed E-state index contributed by atoms with van der Waals surface area (Å²) in [6, 6.07) is 8.21. The van der Waals surface area contributed by atoms with Gasteiger partial charge in [0.05, 0.1) is 37.1 Å². The largest absolute Gasteiger partial charge is 0.619 e. The molecule has 1 aromatic heterocycles. The summed E-state index contributed by atoms with van der Waals surface area (Å²) in [5.74, 6) is -0.966. The Morgan fingerprint density at radius 2 is 1.60 bits per heavy atom. The number of anilines is 1. The molecule has 1 unspecified atom stereocenters. The standard InChI is InChI=1S/C33H34Cl2F2N2O10S/c1-50(43,44)38-26-8-6-22(13-29(26)46-17-19-2-3-19)32(41)45-11-10-31(40)48-28(14-23-24(34)15-39(42)16-25(23)35)21-7-9-27(49-33(36)37)30(12-21)47-18-20-4-5-20/h6-9,12-13,15-16,19-20,28,33,38H,2-5,10-11,14,17-18H2,1H3. The maximum Gasteiger partial charge on any atom is 0.387 e. The van der Waals surface area contributed by atoms with E-state index in [1.165, 1.54) is 36.4 Å². The molecule has 12 nitrogen and oxygen atoms in total. The van der Waals surface area contributed by atoms with Crippen molar-refractivity contribution in [2.75, 3.05) is 30.8 Å². The lowest BCUT2D eigenvalue weighted by molar-refractivity contribution is -0.605. The molecule has 0 saturated heterocycles. The second-order valence-corrected chi connectivity index (χ2v) is 14.6. The molecule has 2 aliphatic carbocycles. The van der Waals surface area contributed by atoms with Gasteiger partial charge >= 0.3 is 18.6 Å². The van der Waals surface area contributed by atoms with Gasteiger partial charge in [0.15, 0.2) is 23.9 Å². The molecule has 0 bridgehead atoms. The monoisotopic (exact) mass is 758 g/mol. The Labute approximate surface area is 297 Å². The molecule has 0 radical (unpaired) electrons. The smallest absolute Gasteiger partial charge is 0.387 e. The van der Waals surface area contributed by atoms with Crippen LogP contribution in [0.4, 0.5) is 14.5 Å². The van der Waals surface area contributed by atoms with Gasteiger partial charge in [-0.3, -0.25) is 9.52 Å². The number of nitrogens with zero attached hydrogens (tertiary/aromatic N) is 1. The highest BCUT2D eigenvalue weighted by molar-refractivity contribution is 7.92. The Bertz CT molecular complexity index is 1800. The van der Waals surface area contributed by atoms with E-state index in [4.69, 9.17) is 42.1 Å². The van der Waals surface area contributed by atoms with Crippen LogP contribution in [0.3, 0.4) is 0 Å². The number of esters is 2. The van der Waals surface area contributed by atoms with Gasteiger partial charge < -0.3 is 28.9 Å². The average molecular weight is 760 g/mol. The molecule has 50 heavy (non-hydrogen) atoms. The van der Waals surface area contributed by atoms with Crippen LogP contribution in [0, 0.1) is 17.0 Å². The highest BCUT2D eigenvalue weighted by atomic mass is 35.5. The number of rotatable bonds is 18. The van der Waals surface area contributed by atoms with Crippen molar-refractivity contribution in [3.63, 3.8) is 0 Å². The van der Waals surface area contributed by atoms with Crippen molar-refractivity contribution in [3.05, 3.63) is 80.7 Å². The number of hydrogen-bond acceptors (Lipinski definition) is 10. The zero-order valence-electron chi connectivity index (χ0n) is 26.7. The molecule has 2 aliphatic rings. The quantitative estimate of drug-likeness (QED) is 0.0895. The Kier molecular flexibility index (Phi) is 12.1. The number of carbonyl (C=O) groups is 2. The minimum absolute atomic E-state index is 0.00331. The van der Waals surface area contributed by atoms with Gasteiger partial charge in [0, 0.05) is 12.0 Å². The van der Waals surface area contributed by atoms with E-state index in [2.05, 4.69) is 9.46 Å². The first kappa shape index (κ1) is 37.2. The number of benzene rings is 2. The molecule has 0 amide bonds. The zero-order chi connectivity index (χ0) is 36.0. The highest BCUT2D eigenvalue weighted by Crippen LogP contribution is 2.38. The van der Waals surface area contributed by atoms with E-state index in [1.807, 2.05) is 0 Å². The number of hydrogen-bond donors (Lipinski definition) is 1. The number of halogens is 4. The van der Waals surface area contributed by atoms with E-state index in [0.29, 0.717) is 28.7 Å². The minimum atomic E-state index is -3.62. The molecular formula is C33H34Cl2F2N2O10S. The Morgan fingerprint density at radius 1 is 0.960 bits per heavy atom. The van der Waals surface area contributed by atoms with E-state index in [-0.39, 0.29) is 70.2 Å². The first-order chi connectivity index (χ1) is 23.7. The number of carbonyl (C=O) groups excluding carboxylic acids is 2. The predicted molar refractivity (Wildman–Crippen MR) is 177 cm³/mol. The molecule has 1 atom stereocenters. The van der Waals surface area contributed by atoms with E-state index < -0.39 is 34.7 Å². The number of nitrogens with one attached hydrogen (secondary N) is 1. The molecule has 0 aliphatic heterocycles. The van der Waals surface area contributed by atoms with E-state index >= 15 is 0 Å².